The molecule has 1 fully saturated rings. The Kier molecular flexibility index (Phi) is 3.82. The molecule has 0 spiro atoms. The van der Waals surface area contributed by atoms with E-state index in [1.54, 1.807) is 11.3 Å². The van der Waals surface area contributed by atoms with Crippen LogP contribution in [0.3, 0.4) is 0 Å². The standard InChI is InChI=1S/C12H21N3S/c1-3-10-11(7-13)16-12(14-10)15-6-4-5-9(2)8-15/h9H,3-8,13H2,1-2H3. The molecule has 1 atom stereocenters. The smallest absolute Gasteiger partial charge is 0.185 e. The Morgan fingerprint density at radius 1 is 1.56 bits per heavy atom. The lowest BCUT2D eigenvalue weighted by Crippen LogP contribution is -2.34. The van der Waals surface area contributed by atoms with Crippen LogP contribution in [0.1, 0.15) is 37.3 Å². The first kappa shape index (κ1) is 11.9. The molecule has 2 heterocycles. The fraction of sp³-hybridized carbons (Fsp3) is 0.750. The summed E-state index contributed by atoms with van der Waals surface area (Å²) in [6, 6.07) is 0. The highest BCUT2D eigenvalue weighted by Crippen LogP contribution is 2.29. The van der Waals surface area contributed by atoms with Gasteiger partial charge in [-0.05, 0) is 25.2 Å². The maximum absolute atomic E-state index is 5.75. The van der Waals surface area contributed by atoms with Gasteiger partial charge in [-0.2, -0.15) is 0 Å². The molecule has 1 aromatic rings. The predicted molar refractivity (Wildman–Crippen MR) is 70.0 cm³/mol. The van der Waals surface area contributed by atoms with Crippen LogP contribution in [0.5, 0.6) is 0 Å². The Bertz CT molecular complexity index is 327. The van der Waals surface area contributed by atoms with Crippen LogP contribution in [0, 0.1) is 5.92 Å². The molecule has 4 heteroatoms. The highest BCUT2D eigenvalue weighted by atomic mass is 32.1. The third-order valence-corrected chi connectivity index (χ3v) is 4.40. The van der Waals surface area contributed by atoms with Crippen LogP contribution in [-0.4, -0.2) is 18.1 Å². The number of piperidine rings is 1. The van der Waals surface area contributed by atoms with Gasteiger partial charge in [-0.15, -0.1) is 11.3 Å². The quantitative estimate of drug-likeness (QED) is 0.880. The van der Waals surface area contributed by atoms with E-state index >= 15 is 0 Å². The van der Waals surface area contributed by atoms with E-state index in [9.17, 15) is 0 Å². The van der Waals surface area contributed by atoms with Crippen LogP contribution < -0.4 is 10.6 Å². The second-order valence-corrected chi connectivity index (χ2v) is 5.68. The molecule has 0 amide bonds. The lowest BCUT2D eigenvalue weighted by Gasteiger charge is -2.30. The second-order valence-electron chi connectivity index (χ2n) is 4.62. The highest BCUT2D eigenvalue weighted by Gasteiger charge is 2.20. The average Bonchev–Trinajstić information content (AvgIpc) is 2.72. The molecule has 1 saturated heterocycles. The molecule has 90 valence electrons. The van der Waals surface area contributed by atoms with Crippen molar-refractivity contribution in [3.05, 3.63) is 10.6 Å². The largest absolute Gasteiger partial charge is 0.348 e. The normalized spacial score (nSPS) is 21.4. The lowest BCUT2D eigenvalue weighted by atomic mass is 10.0. The fourth-order valence-electron chi connectivity index (χ4n) is 2.30. The monoisotopic (exact) mass is 239 g/mol. The van der Waals surface area contributed by atoms with Gasteiger partial charge in [0.05, 0.1) is 5.69 Å². The summed E-state index contributed by atoms with van der Waals surface area (Å²) in [7, 11) is 0. The molecule has 1 aliphatic heterocycles. The number of rotatable bonds is 3. The van der Waals surface area contributed by atoms with Gasteiger partial charge in [0.1, 0.15) is 0 Å². The number of anilines is 1. The van der Waals surface area contributed by atoms with Crippen molar-refractivity contribution < 1.29 is 0 Å². The zero-order valence-corrected chi connectivity index (χ0v) is 11.0. The van der Waals surface area contributed by atoms with Gasteiger partial charge in [-0.25, -0.2) is 4.98 Å². The number of hydrogen-bond acceptors (Lipinski definition) is 4. The molecule has 0 bridgehead atoms. The molecule has 2 N–H and O–H groups in total. The fourth-order valence-corrected chi connectivity index (χ4v) is 3.37. The number of aromatic nitrogens is 1. The zero-order chi connectivity index (χ0) is 11.5. The van der Waals surface area contributed by atoms with Gasteiger partial charge in [-0.3, -0.25) is 0 Å². The topological polar surface area (TPSA) is 42.2 Å². The second kappa shape index (κ2) is 5.15. The minimum Gasteiger partial charge on any atom is -0.348 e. The molecule has 0 saturated carbocycles. The number of nitrogens with zero attached hydrogens (tertiary/aromatic N) is 2. The Balaban J connectivity index is 2.16. The van der Waals surface area contributed by atoms with E-state index < -0.39 is 0 Å². The molecule has 1 aromatic heterocycles. The minimum absolute atomic E-state index is 0.629. The summed E-state index contributed by atoms with van der Waals surface area (Å²) in [4.78, 5) is 8.41. The van der Waals surface area contributed by atoms with Crippen LogP contribution in [0.25, 0.3) is 0 Å². The van der Waals surface area contributed by atoms with E-state index in [4.69, 9.17) is 10.7 Å². The molecule has 0 radical (unpaired) electrons. The zero-order valence-electron chi connectivity index (χ0n) is 10.2. The number of nitrogens with two attached hydrogens (primary N) is 1. The van der Waals surface area contributed by atoms with E-state index in [1.165, 1.54) is 28.5 Å². The molecule has 0 aromatic carbocycles. The van der Waals surface area contributed by atoms with E-state index in [2.05, 4.69) is 18.7 Å². The Morgan fingerprint density at radius 2 is 2.38 bits per heavy atom. The summed E-state index contributed by atoms with van der Waals surface area (Å²) in [5.74, 6) is 0.795. The number of hydrogen-bond donors (Lipinski definition) is 1. The number of thiazole rings is 1. The van der Waals surface area contributed by atoms with Crippen LogP contribution in [0.2, 0.25) is 0 Å². The van der Waals surface area contributed by atoms with Gasteiger partial charge in [0.15, 0.2) is 5.13 Å². The van der Waals surface area contributed by atoms with Crippen molar-refractivity contribution in [3.8, 4) is 0 Å². The summed E-state index contributed by atoms with van der Waals surface area (Å²) in [5.41, 5.74) is 6.94. The predicted octanol–water partition coefficient (Wildman–Crippen LogP) is 2.40. The van der Waals surface area contributed by atoms with Crippen molar-refractivity contribution in [1.82, 2.24) is 4.98 Å². The Morgan fingerprint density at radius 3 is 2.94 bits per heavy atom. The molecule has 3 nitrogen and oxygen atoms in total. The molecule has 2 rings (SSSR count). The summed E-state index contributed by atoms with van der Waals surface area (Å²) >= 11 is 1.78. The van der Waals surface area contributed by atoms with Gasteiger partial charge in [0, 0.05) is 24.5 Å². The summed E-state index contributed by atoms with van der Waals surface area (Å²) < 4.78 is 0. The van der Waals surface area contributed by atoms with Crippen molar-refractivity contribution in [2.75, 3.05) is 18.0 Å². The summed E-state index contributed by atoms with van der Waals surface area (Å²) in [6.07, 6.45) is 3.64. The lowest BCUT2D eigenvalue weighted by molar-refractivity contribution is 0.446. The van der Waals surface area contributed by atoms with Gasteiger partial charge >= 0.3 is 0 Å². The van der Waals surface area contributed by atoms with Gasteiger partial charge in [-0.1, -0.05) is 13.8 Å². The molecule has 16 heavy (non-hydrogen) atoms. The van der Waals surface area contributed by atoms with Crippen LogP contribution in [-0.2, 0) is 13.0 Å². The minimum atomic E-state index is 0.629. The van der Waals surface area contributed by atoms with Gasteiger partial charge < -0.3 is 10.6 Å². The van der Waals surface area contributed by atoms with Crippen LogP contribution >= 0.6 is 11.3 Å². The summed E-state index contributed by atoms with van der Waals surface area (Å²) in [5, 5.41) is 1.18. The Labute approximate surface area is 102 Å². The SMILES string of the molecule is CCc1nc(N2CCCC(C)C2)sc1CN. The van der Waals surface area contributed by atoms with Crippen molar-refractivity contribution >= 4 is 16.5 Å². The number of aryl methyl sites for hydroxylation is 1. The van der Waals surface area contributed by atoms with E-state index in [0.717, 1.165) is 25.4 Å². The van der Waals surface area contributed by atoms with Crippen molar-refractivity contribution in [2.45, 2.75) is 39.7 Å². The molecule has 1 aliphatic rings. The third-order valence-electron chi connectivity index (χ3n) is 3.21. The molecule has 0 aliphatic carbocycles. The van der Waals surface area contributed by atoms with E-state index in [-0.39, 0.29) is 0 Å². The molecular weight excluding hydrogens is 218 g/mol. The molecule has 1 unspecified atom stereocenters. The maximum Gasteiger partial charge on any atom is 0.185 e. The van der Waals surface area contributed by atoms with Crippen molar-refractivity contribution in [2.24, 2.45) is 11.7 Å². The van der Waals surface area contributed by atoms with Crippen LogP contribution in [0.4, 0.5) is 5.13 Å². The first-order valence-corrected chi connectivity index (χ1v) is 6.99. The maximum atomic E-state index is 5.75. The van der Waals surface area contributed by atoms with Crippen molar-refractivity contribution in [1.29, 1.82) is 0 Å². The average molecular weight is 239 g/mol. The first-order valence-electron chi connectivity index (χ1n) is 6.18. The van der Waals surface area contributed by atoms with E-state index in [1.807, 2.05) is 0 Å². The van der Waals surface area contributed by atoms with Crippen molar-refractivity contribution in [3.63, 3.8) is 0 Å². The van der Waals surface area contributed by atoms with Crippen LogP contribution in [0.15, 0.2) is 0 Å². The van der Waals surface area contributed by atoms with E-state index in [0.29, 0.717) is 6.54 Å². The third kappa shape index (κ3) is 2.38. The van der Waals surface area contributed by atoms with Gasteiger partial charge in [0.2, 0.25) is 0 Å². The highest BCUT2D eigenvalue weighted by molar-refractivity contribution is 7.15. The summed E-state index contributed by atoms with van der Waals surface area (Å²) in [6.45, 7) is 7.41. The Hall–Kier alpha value is -0.610. The molecular formula is C12H21N3S. The van der Waals surface area contributed by atoms with Gasteiger partial charge in [0.25, 0.3) is 0 Å². The first-order chi connectivity index (χ1) is 7.74.